The Bertz CT molecular complexity index is 522. The lowest BCUT2D eigenvalue weighted by Crippen LogP contribution is -2.37. The number of carbonyl (C=O) groups is 2. The Kier molecular flexibility index (Phi) is 4.09. The Labute approximate surface area is 130 Å². The Morgan fingerprint density at radius 2 is 1.55 bits per heavy atom. The minimum absolute atomic E-state index is 0.101. The van der Waals surface area contributed by atoms with Crippen LogP contribution in [0.4, 0.5) is 4.79 Å². The molecule has 2 fully saturated rings. The summed E-state index contributed by atoms with van der Waals surface area (Å²) >= 11 is 0. The van der Waals surface area contributed by atoms with Crippen LogP contribution < -0.4 is 0 Å². The number of ether oxygens (including phenoxy) is 1. The largest absolute Gasteiger partial charge is 0.451 e. The summed E-state index contributed by atoms with van der Waals surface area (Å²) in [5, 5.41) is 0. The number of hydrogen-bond acceptors (Lipinski definition) is 5. The van der Waals surface area contributed by atoms with Crippen LogP contribution in [0.2, 0.25) is 0 Å². The summed E-state index contributed by atoms with van der Waals surface area (Å²) in [6.45, 7) is 11.7. The second-order valence-electron chi connectivity index (χ2n) is 6.81. The molecule has 2 aliphatic heterocycles. The number of carbonyl (C=O) groups excluding carboxylic acids is 2. The molecule has 0 radical (unpaired) electrons. The molecule has 2 atom stereocenters. The van der Waals surface area contributed by atoms with Crippen molar-refractivity contribution in [3.05, 3.63) is 0 Å². The van der Waals surface area contributed by atoms with Crippen molar-refractivity contribution < 1.29 is 23.7 Å². The van der Waals surface area contributed by atoms with Gasteiger partial charge in [0.05, 0.1) is 6.61 Å². The average Bonchev–Trinajstić information content (AvgIpc) is 3.21. The first-order valence-electron chi connectivity index (χ1n) is 7.29. The van der Waals surface area contributed by atoms with Crippen molar-refractivity contribution in [3.8, 4) is 0 Å². The fourth-order valence-corrected chi connectivity index (χ4v) is 5.99. The first-order chi connectivity index (χ1) is 9.96. The highest BCUT2D eigenvalue weighted by atomic mass is 31.2. The predicted molar refractivity (Wildman–Crippen MR) is 79.8 cm³/mol. The summed E-state index contributed by atoms with van der Waals surface area (Å²) < 4.78 is 22.0. The highest BCUT2D eigenvalue weighted by Gasteiger charge is 2.69. The van der Waals surface area contributed by atoms with Gasteiger partial charge in [-0.15, -0.1) is 0 Å². The molecule has 2 heterocycles. The first kappa shape index (κ1) is 17.2. The van der Waals surface area contributed by atoms with E-state index in [1.807, 2.05) is 27.7 Å². The molecule has 0 saturated carbocycles. The van der Waals surface area contributed by atoms with Gasteiger partial charge in [-0.3, -0.25) is 4.57 Å². The molecular formula is C13H24N3O5P. The molecule has 2 aliphatic rings. The molecular weight excluding hydrogens is 309 g/mol. The van der Waals surface area contributed by atoms with Crippen molar-refractivity contribution in [1.29, 1.82) is 0 Å². The molecule has 22 heavy (non-hydrogen) atoms. The van der Waals surface area contributed by atoms with Gasteiger partial charge in [0.15, 0.2) is 0 Å². The lowest BCUT2D eigenvalue weighted by molar-refractivity contribution is -0.163. The number of nitrogens with zero attached hydrogens (tertiary/aromatic N) is 3. The van der Waals surface area contributed by atoms with Crippen molar-refractivity contribution in [2.24, 2.45) is 0 Å². The van der Waals surface area contributed by atoms with Gasteiger partial charge in [0, 0.05) is 31.1 Å². The minimum atomic E-state index is -3.55. The van der Waals surface area contributed by atoms with Gasteiger partial charge in [0.2, 0.25) is 0 Å². The van der Waals surface area contributed by atoms with Crippen LogP contribution in [-0.2, 0) is 18.9 Å². The van der Waals surface area contributed by atoms with Crippen molar-refractivity contribution in [3.63, 3.8) is 0 Å². The number of amides is 1. The van der Waals surface area contributed by atoms with Crippen molar-refractivity contribution >= 4 is 19.7 Å². The highest BCUT2D eigenvalue weighted by Crippen LogP contribution is 2.71. The van der Waals surface area contributed by atoms with Gasteiger partial charge < -0.3 is 9.57 Å². The van der Waals surface area contributed by atoms with Crippen LogP contribution in [0.3, 0.4) is 0 Å². The molecule has 0 aromatic heterocycles. The van der Waals surface area contributed by atoms with E-state index in [2.05, 4.69) is 0 Å². The third kappa shape index (κ3) is 2.87. The summed E-state index contributed by atoms with van der Waals surface area (Å²) in [6.07, 6.45) is -0.911. The third-order valence-corrected chi connectivity index (χ3v) is 7.11. The zero-order chi connectivity index (χ0) is 16.9. The maximum absolute atomic E-state index is 13.7. The van der Waals surface area contributed by atoms with E-state index in [9.17, 15) is 14.2 Å². The van der Waals surface area contributed by atoms with Crippen molar-refractivity contribution in [1.82, 2.24) is 14.2 Å². The minimum Gasteiger partial charge on any atom is -0.447 e. The van der Waals surface area contributed by atoms with E-state index in [-0.39, 0.29) is 17.7 Å². The van der Waals surface area contributed by atoms with Gasteiger partial charge in [-0.05, 0) is 34.6 Å². The van der Waals surface area contributed by atoms with Gasteiger partial charge in [0.25, 0.3) is 0 Å². The predicted octanol–water partition coefficient (Wildman–Crippen LogP) is 2.22. The molecule has 0 aromatic rings. The Morgan fingerprint density at radius 1 is 1.14 bits per heavy atom. The maximum atomic E-state index is 13.7. The van der Waals surface area contributed by atoms with Crippen LogP contribution in [0.25, 0.3) is 0 Å². The fraction of sp³-hybridized carbons (Fsp3) is 0.846. The monoisotopic (exact) mass is 333 g/mol. The highest BCUT2D eigenvalue weighted by molar-refractivity contribution is 7.57. The number of hydrogen-bond donors (Lipinski definition) is 0. The fourth-order valence-electron chi connectivity index (χ4n) is 2.38. The molecule has 2 rings (SSSR count). The van der Waals surface area contributed by atoms with Crippen LogP contribution in [-0.4, -0.2) is 57.0 Å². The average molecular weight is 333 g/mol. The van der Waals surface area contributed by atoms with E-state index in [1.54, 1.807) is 16.3 Å². The third-order valence-electron chi connectivity index (χ3n) is 3.77. The molecule has 0 aromatic carbocycles. The van der Waals surface area contributed by atoms with Crippen LogP contribution >= 0.6 is 7.59 Å². The van der Waals surface area contributed by atoms with Gasteiger partial charge in [0.1, 0.15) is 0 Å². The molecule has 0 spiro atoms. The summed E-state index contributed by atoms with van der Waals surface area (Å²) in [4.78, 5) is 29.2. The summed E-state index contributed by atoms with van der Waals surface area (Å²) in [5.74, 6) is -0.715. The van der Waals surface area contributed by atoms with E-state index < -0.39 is 19.7 Å². The van der Waals surface area contributed by atoms with Gasteiger partial charge in [-0.2, -0.15) is 0 Å². The molecule has 8 nitrogen and oxygen atoms in total. The molecule has 0 N–H and O–H groups in total. The van der Waals surface area contributed by atoms with Crippen LogP contribution in [0, 0.1) is 0 Å². The molecule has 0 aliphatic carbocycles. The van der Waals surface area contributed by atoms with Gasteiger partial charge >= 0.3 is 19.7 Å². The Morgan fingerprint density at radius 3 is 1.82 bits per heavy atom. The molecule has 1 amide bonds. The van der Waals surface area contributed by atoms with E-state index in [4.69, 9.17) is 9.57 Å². The van der Waals surface area contributed by atoms with E-state index >= 15 is 0 Å². The molecule has 2 unspecified atom stereocenters. The smallest absolute Gasteiger partial charge is 0.447 e. The Balaban J connectivity index is 2.39. The quantitative estimate of drug-likeness (QED) is 0.443. The SMILES string of the molecule is CCOC(=O)N(OC(C)=O)P(=O)(N1CC1(C)C)N1CC1(C)C. The topological polar surface area (TPSA) is 78.9 Å². The van der Waals surface area contributed by atoms with Crippen LogP contribution in [0.5, 0.6) is 0 Å². The normalized spacial score (nSPS) is 29.9. The molecule has 2 saturated heterocycles. The number of hydroxylamine groups is 1. The number of rotatable bonds is 4. The van der Waals surface area contributed by atoms with Crippen LogP contribution in [0.15, 0.2) is 0 Å². The van der Waals surface area contributed by atoms with Crippen molar-refractivity contribution in [2.45, 2.75) is 52.6 Å². The van der Waals surface area contributed by atoms with Crippen LogP contribution in [0.1, 0.15) is 41.5 Å². The van der Waals surface area contributed by atoms with E-state index in [0.29, 0.717) is 17.9 Å². The summed E-state index contributed by atoms with van der Waals surface area (Å²) in [5.41, 5.74) is -0.641. The van der Waals surface area contributed by atoms with Gasteiger partial charge in [-0.1, -0.05) is 4.83 Å². The zero-order valence-electron chi connectivity index (χ0n) is 14.0. The second kappa shape index (κ2) is 5.22. The van der Waals surface area contributed by atoms with E-state index in [1.165, 1.54) is 0 Å². The second-order valence-corrected chi connectivity index (χ2v) is 9.16. The zero-order valence-corrected chi connectivity index (χ0v) is 14.8. The molecule has 126 valence electrons. The summed E-state index contributed by atoms with van der Waals surface area (Å²) in [7, 11) is -3.55. The molecule has 0 bridgehead atoms. The lowest BCUT2D eigenvalue weighted by Gasteiger charge is -2.32. The Hall–Kier alpha value is -1.11. The summed E-state index contributed by atoms with van der Waals surface area (Å²) in [6, 6.07) is 0. The first-order valence-corrected chi connectivity index (χ1v) is 8.85. The van der Waals surface area contributed by atoms with Gasteiger partial charge in [-0.25, -0.2) is 18.9 Å². The lowest BCUT2D eigenvalue weighted by atomic mass is 10.2. The standard InChI is InChI=1S/C13H24N3O5P/c1-7-20-11(18)16(21-10(2)17)22(19,14-8-12(14,3)4)15-9-13(15,5)6/h7-9H2,1-6H3. The molecule has 9 heteroatoms. The van der Waals surface area contributed by atoms with Crippen molar-refractivity contribution in [2.75, 3.05) is 19.7 Å². The maximum Gasteiger partial charge on any atom is 0.451 e. The van der Waals surface area contributed by atoms with E-state index in [0.717, 1.165) is 6.92 Å².